The van der Waals surface area contributed by atoms with Gasteiger partial charge in [0.15, 0.2) is 0 Å². The minimum atomic E-state index is -0.186. The smallest absolute Gasteiger partial charge is 0.254 e. The summed E-state index contributed by atoms with van der Waals surface area (Å²) in [6.45, 7) is 0.699. The van der Waals surface area contributed by atoms with Gasteiger partial charge in [0.05, 0.1) is 30.1 Å². The number of rotatable bonds is 5. The lowest BCUT2D eigenvalue weighted by molar-refractivity contribution is 0.0952. The fourth-order valence-electron chi connectivity index (χ4n) is 2.37. The molecule has 3 rings (SSSR count). The normalized spacial score (nSPS) is 11.0. The molecule has 3 aromatic heterocycles. The molecule has 0 bridgehead atoms. The lowest BCUT2D eigenvalue weighted by Gasteiger charge is -2.04. The third-order valence-electron chi connectivity index (χ3n) is 3.47. The average Bonchev–Trinajstić information content (AvgIpc) is 3.13. The highest BCUT2D eigenvalue weighted by Crippen LogP contribution is 2.20. The average molecular weight is 319 g/mol. The number of carbonyl (C=O) groups is 1. The maximum atomic E-state index is 12.1. The quantitative estimate of drug-likeness (QED) is 0.628. The van der Waals surface area contributed by atoms with E-state index in [1.165, 1.54) is 6.26 Å². The maximum absolute atomic E-state index is 12.1. The zero-order chi connectivity index (χ0) is 15.5. The first-order valence-corrected chi connectivity index (χ1v) is 7.23. The first-order chi connectivity index (χ1) is 10.7. The lowest BCUT2D eigenvalue weighted by Crippen LogP contribution is -2.26. The molecule has 0 aliphatic heterocycles. The van der Waals surface area contributed by atoms with Crippen molar-refractivity contribution >= 4 is 28.4 Å². The number of nitrogens with one attached hydrogen (secondary N) is 2. The Balaban J connectivity index is 1.65. The molecule has 0 spiro atoms. The number of nitrogens with two attached hydrogens (primary N) is 1. The van der Waals surface area contributed by atoms with Crippen LogP contribution in [0.1, 0.15) is 21.7 Å². The van der Waals surface area contributed by atoms with Gasteiger partial charge in [-0.2, -0.15) is 0 Å². The van der Waals surface area contributed by atoms with E-state index in [2.05, 4.69) is 15.3 Å². The van der Waals surface area contributed by atoms with Crippen molar-refractivity contribution in [2.45, 2.75) is 13.0 Å². The van der Waals surface area contributed by atoms with Gasteiger partial charge in [-0.25, -0.2) is 4.98 Å². The van der Waals surface area contributed by atoms with Gasteiger partial charge in [-0.3, -0.25) is 4.79 Å². The molecular weight excluding hydrogens is 304 g/mol. The highest BCUT2D eigenvalue weighted by Gasteiger charge is 2.13. The largest absolute Gasteiger partial charge is 0.467 e. The molecule has 0 saturated carbocycles. The second-order valence-electron chi connectivity index (χ2n) is 4.83. The molecule has 3 aromatic rings. The number of halogens is 1. The van der Waals surface area contributed by atoms with Gasteiger partial charge in [0.1, 0.15) is 10.9 Å². The molecule has 0 aliphatic rings. The Morgan fingerprint density at radius 2 is 2.36 bits per heavy atom. The zero-order valence-corrected chi connectivity index (χ0v) is 12.5. The van der Waals surface area contributed by atoms with Crippen LogP contribution in [-0.4, -0.2) is 22.4 Å². The standard InChI is InChI=1S/C15H15ClN4O2/c16-14-5-11-9(7-19-12(11)8-20-14)1-3-18-15(21)10-2-4-22-13(10)6-17/h2,4-5,7-8,19H,1,3,6,17H2,(H,18,21). The Morgan fingerprint density at radius 3 is 3.18 bits per heavy atom. The van der Waals surface area contributed by atoms with E-state index in [1.54, 1.807) is 12.3 Å². The molecule has 7 heteroatoms. The van der Waals surface area contributed by atoms with E-state index < -0.39 is 0 Å². The van der Waals surface area contributed by atoms with E-state index in [0.717, 1.165) is 16.5 Å². The number of aromatic nitrogens is 2. The van der Waals surface area contributed by atoms with E-state index in [0.29, 0.717) is 29.4 Å². The molecule has 0 atom stereocenters. The minimum Gasteiger partial charge on any atom is -0.467 e. The van der Waals surface area contributed by atoms with Crippen LogP contribution in [0.25, 0.3) is 10.9 Å². The predicted octanol–water partition coefficient (Wildman–Crippen LogP) is 2.24. The van der Waals surface area contributed by atoms with Crippen LogP contribution in [0.2, 0.25) is 5.15 Å². The highest BCUT2D eigenvalue weighted by molar-refractivity contribution is 6.30. The number of aromatic amines is 1. The van der Waals surface area contributed by atoms with Crippen LogP contribution in [0.4, 0.5) is 0 Å². The van der Waals surface area contributed by atoms with Crippen LogP contribution in [0.15, 0.2) is 35.2 Å². The van der Waals surface area contributed by atoms with Crippen molar-refractivity contribution in [3.8, 4) is 0 Å². The summed E-state index contributed by atoms with van der Waals surface area (Å²) in [7, 11) is 0. The fourth-order valence-corrected chi connectivity index (χ4v) is 2.52. The molecule has 0 fully saturated rings. The van der Waals surface area contributed by atoms with Gasteiger partial charge in [-0.15, -0.1) is 0 Å². The SMILES string of the molecule is NCc1occc1C(=O)NCCc1c[nH]c2cnc(Cl)cc12. The number of hydrogen-bond acceptors (Lipinski definition) is 4. The van der Waals surface area contributed by atoms with E-state index >= 15 is 0 Å². The van der Waals surface area contributed by atoms with E-state index in [4.69, 9.17) is 21.8 Å². The summed E-state index contributed by atoms with van der Waals surface area (Å²) in [5.74, 6) is 0.302. The van der Waals surface area contributed by atoms with E-state index in [9.17, 15) is 4.79 Å². The van der Waals surface area contributed by atoms with Gasteiger partial charge in [-0.05, 0) is 24.1 Å². The van der Waals surface area contributed by atoms with Crippen molar-refractivity contribution < 1.29 is 9.21 Å². The second kappa shape index (κ2) is 6.21. The van der Waals surface area contributed by atoms with E-state index in [1.807, 2.05) is 12.3 Å². The van der Waals surface area contributed by atoms with Crippen LogP contribution in [0.5, 0.6) is 0 Å². The number of H-pyrrole nitrogens is 1. The highest BCUT2D eigenvalue weighted by atomic mass is 35.5. The van der Waals surface area contributed by atoms with Crippen molar-refractivity contribution in [3.63, 3.8) is 0 Å². The summed E-state index contributed by atoms with van der Waals surface area (Å²) >= 11 is 5.92. The second-order valence-corrected chi connectivity index (χ2v) is 5.22. The number of furan rings is 1. The Kier molecular flexibility index (Phi) is 4.13. The number of fused-ring (bicyclic) bond motifs is 1. The van der Waals surface area contributed by atoms with Crippen LogP contribution in [-0.2, 0) is 13.0 Å². The summed E-state index contributed by atoms with van der Waals surface area (Å²) in [5, 5.41) is 4.32. The molecule has 4 N–H and O–H groups in total. The molecule has 6 nitrogen and oxygen atoms in total. The first-order valence-electron chi connectivity index (χ1n) is 6.85. The van der Waals surface area contributed by atoms with Crippen LogP contribution < -0.4 is 11.1 Å². The topological polar surface area (TPSA) is 96.9 Å². The van der Waals surface area contributed by atoms with Crippen molar-refractivity contribution in [3.05, 3.63) is 52.8 Å². The third kappa shape index (κ3) is 2.84. The number of carbonyl (C=O) groups excluding carboxylic acids is 1. The molecule has 0 aromatic carbocycles. The van der Waals surface area contributed by atoms with Gasteiger partial charge in [0.2, 0.25) is 0 Å². The van der Waals surface area contributed by atoms with Gasteiger partial charge in [-0.1, -0.05) is 11.6 Å². The summed E-state index contributed by atoms with van der Waals surface area (Å²) in [4.78, 5) is 19.2. The van der Waals surface area contributed by atoms with Gasteiger partial charge >= 0.3 is 0 Å². The lowest BCUT2D eigenvalue weighted by atomic mass is 10.1. The zero-order valence-electron chi connectivity index (χ0n) is 11.7. The molecular formula is C15H15ClN4O2. The molecule has 1 amide bonds. The molecule has 3 heterocycles. The molecule has 0 saturated heterocycles. The maximum Gasteiger partial charge on any atom is 0.254 e. The Labute approximate surface area is 131 Å². The van der Waals surface area contributed by atoms with E-state index in [-0.39, 0.29) is 12.5 Å². The molecule has 0 unspecified atom stereocenters. The molecule has 0 radical (unpaired) electrons. The summed E-state index contributed by atoms with van der Waals surface area (Å²) in [5.41, 5.74) is 8.00. The number of amides is 1. The summed E-state index contributed by atoms with van der Waals surface area (Å²) < 4.78 is 5.15. The number of nitrogens with zero attached hydrogens (tertiary/aromatic N) is 1. The van der Waals surface area contributed by atoms with Crippen molar-refractivity contribution in [1.29, 1.82) is 0 Å². The third-order valence-corrected chi connectivity index (χ3v) is 3.68. The van der Waals surface area contributed by atoms with Gasteiger partial charge < -0.3 is 20.5 Å². The van der Waals surface area contributed by atoms with Crippen molar-refractivity contribution in [2.24, 2.45) is 5.73 Å². The summed E-state index contributed by atoms with van der Waals surface area (Å²) in [6.07, 6.45) is 5.74. The van der Waals surface area contributed by atoms with Gasteiger partial charge in [0.25, 0.3) is 5.91 Å². The number of pyridine rings is 1. The Bertz CT molecular complexity index is 809. The monoisotopic (exact) mass is 318 g/mol. The predicted molar refractivity (Wildman–Crippen MR) is 83.7 cm³/mol. The molecule has 114 valence electrons. The van der Waals surface area contributed by atoms with Crippen molar-refractivity contribution in [2.75, 3.05) is 6.54 Å². The van der Waals surface area contributed by atoms with Crippen LogP contribution in [0.3, 0.4) is 0 Å². The number of hydrogen-bond donors (Lipinski definition) is 3. The minimum absolute atomic E-state index is 0.186. The Morgan fingerprint density at radius 1 is 1.50 bits per heavy atom. The summed E-state index contributed by atoms with van der Waals surface area (Å²) in [6, 6.07) is 3.43. The van der Waals surface area contributed by atoms with Crippen LogP contribution in [0, 0.1) is 0 Å². The fraction of sp³-hybridized carbons (Fsp3) is 0.200. The molecule has 0 aliphatic carbocycles. The molecule has 22 heavy (non-hydrogen) atoms. The first kappa shape index (κ1) is 14.6. The van der Waals surface area contributed by atoms with Crippen molar-refractivity contribution in [1.82, 2.24) is 15.3 Å². The van der Waals surface area contributed by atoms with Crippen LogP contribution >= 0.6 is 11.6 Å². The van der Waals surface area contributed by atoms with Gasteiger partial charge in [0, 0.05) is 18.1 Å². The Hall–Kier alpha value is -2.31.